The summed E-state index contributed by atoms with van der Waals surface area (Å²) in [5.41, 5.74) is 9.85. The fraction of sp³-hybridized carbons (Fsp3) is 0.217. The van der Waals surface area contributed by atoms with Gasteiger partial charge in [0, 0.05) is 22.1 Å². The summed E-state index contributed by atoms with van der Waals surface area (Å²) in [6.07, 6.45) is 0. The highest BCUT2D eigenvalue weighted by Gasteiger charge is 2.18. The molecule has 0 saturated carbocycles. The first-order chi connectivity index (χ1) is 15.0. The average molecular weight is 485 g/mol. The molecule has 3 N–H and O–H groups in total. The van der Waals surface area contributed by atoms with Crippen LogP contribution in [0.15, 0.2) is 59.6 Å². The fourth-order valence-electron chi connectivity index (χ4n) is 2.99. The summed E-state index contributed by atoms with van der Waals surface area (Å²) in [7, 11) is 0. The predicted molar refractivity (Wildman–Crippen MR) is 140 cm³/mol. The zero-order valence-electron chi connectivity index (χ0n) is 17.3. The maximum Gasteiger partial charge on any atom is 0.189 e. The Morgan fingerprint density at radius 2 is 1.77 bits per heavy atom. The molecule has 0 aliphatic carbocycles. The Morgan fingerprint density at radius 3 is 2.45 bits per heavy atom. The van der Waals surface area contributed by atoms with E-state index in [1.54, 1.807) is 23.1 Å². The van der Waals surface area contributed by atoms with E-state index in [0.717, 1.165) is 36.4 Å². The summed E-state index contributed by atoms with van der Waals surface area (Å²) in [5.74, 6) is 2.55. The van der Waals surface area contributed by atoms with E-state index in [-0.39, 0.29) is 0 Å². The van der Waals surface area contributed by atoms with Crippen LogP contribution in [0.4, 0.5) is 16.6 Å². The molecule has 4 nitrogen and oxygen atoms in total. The normalized spacial score (nSPS) is 11.2. The van der Waals surface area contributed by atoms with Crippen molar-refractivity contribution in [1.82, 2.24) is 9.97 Å². The molecule has 4 rings (SSSR count). The van der Waals surface area contributed by atoms with Gasteiger partial charge in [0.15, 0.2) is 5.13 Å². The number of thioether (sulfide) groups is 1. The number of thiazole rings is 2. The van der Waals surface area contributed by atoms with Gasteiger partial charge in [0.25, 0.3) is 0 Å². The van der Waals surface area contributed by atoms with Gasteiger partial charge in [0.2, 0.25) is 0 Å². The zero-order chi connectivity index (χ0) is 21.8. The van der Waals surface area contributed by atoms with E-state index in [1.165, 1.54) is 22.5 Å². The molecule has 0 radical (unpaired) electrons. The van der Waals surface area contributed by atoms with Crippen LogP contribution in [0.25, 0.3) is 9.88 Å². The number of nitrogen functional groups attached to an aromatic ring is 1. The largest absolute Gasteiger partial charge is 0.382 e. The Kier molecular flexibility index (Phi) is 7.22. The third-order valence-corrected chi connectivity index (χ3v) is 8.64. The second-order valence-corrected chi connectivity index (χ2v) is 10.7. The Morgan fingerprint density at radius 1 is 1.03 bits per heavy atom. The van der Waals surface area contributed by atoms with Crippen molar-refractivity contribution >= 4 is 63.7 Å². The Hall–Kier alpha value is -2.00. The fourth-order valence-corrected chi connectivity index (χ4v) is 6.49. The van der Waals surface area contributed by atoms with Gasteiger partial charge < -0.3 is 11.1 Å². The number of hydrogen-bond acceptors (Lipinski definition) is 8. The van der Waals surface area contributed by atoms with E-state index in [1.807, 2.05) is 6.07 Å². The molecule has 31 heavy (non-hydrogen) atoms. The van der Waals surface area contributed by atoms with Crippen molar-refractivity contribution in [3.05, 3.63) is 70.6 Å². The smallest absolute Gasteiger partial charge is 0.189 e. The molecule has 0 unspecified atom stereocenters. The summed E-state index contributed by atoms with van der Waals surface area (Å²) in [6.45, 7) is 4.38. The van der Waals surface area contributed by atoms with Crippen LogP contribution >= 0.6 is 47.1 Å². The number of nitrogens with zero attached hydrogens (tertiary/aromatic N) is 2. The maximum absolute atomic E-state index is 6.26. The predicted octanol–water partition coefficient (Wildman–Crippen LogP) is 7.44. The number of anilines is 3. The Balaban J connectivity index is 1.51. The van der Waals surface area contributed by atoms with E-state index in [9.17, 15) is 0 Å². The van der Waals surface area contributed by atoms with Gasteiger partial charge in [0.1, 0.15) is 20.7 Å². The summed E-state index contributed by atoms with van der Waals surface area (Å²) in [6, 6.07) is 18.9. The lowest BCUT2D eigenvalue weighted by Crippen LogP contribution is -1.92. The van der Waals surface area contributed by atoms with E-state index < -0.39 is 0 Å². The van der Waals surface area contributed by atoms with E-state index in [4.69, 9.17) is 10.7 Å². The molecule has 4 aromatic rings. The maximum atomic E-state index is 6.26. The Labute approximate surface area is 200 Å². The number of nitrogens with one attached hydrogen (secondary N) is 1. The summed E-state index contributed by atoms with van der Waals surface area (Å²) < 4.78 is 0. The number of nitrogens with two attached hydrogens (primary N) is 1. The van der Waals surface area contributed by atoms with Crippen molar-refractivity contribution in [2.24, 2.45) is 0 Å². The van der Waals surface area contributed by atoms with Crippen LogP contribution in [0.2, 0.25) is 0 Å². The summed E-state index contributed by atoms with van der Waals surface area (Å²) >= 11 is 9.42. The molecule has 0 saturated heterocycles. The van der Waals surface area contributed by atoms with Crippen molar-refractivity contribution in [3.63, 3.8) is 0 Å². The summed E-state index contributed by atoms with van der Waals surface area (Å²) in [5, 5.41) is 6.06. The van der Waals surface area contributed by atoms with Gasteiger partial charge in [-0.3, -0.25) is 0 Å². The van der Waals surface area contributed by atoms with Gasteiger partial charge in [-0.2, -0.15) is 12.6 Å². The van der Waals surface area contributed by atoms with Gasteiger partial charge in [-0.1, -0.05) is 67.6 Å². The van der Waals surface area contributed by atoms with Crippen molar-refractivity contribution in [3.8, 4) is 9.88 Å². The van der Waals surface area contributed by atoms with Gasteiger partial charge in [-0.25, -0.2) is 9.97 Å². The highest BCUT2D eigenvalue weighted by molar-refractivity contribution is 7.98. The van der Waals surface area contributed by atoms with E-state index in [2.05, 4.69) is 85.3 Å². The third-order valence-electron chi connectivity index (χ3n) is 4.70. The van der Waals surface area contributed by atoms with Crippen molar-refractivity contribution in [2.75, 3.05) is 11.1 Å². The van der Waals surface area contributed by atoms with Gasteiger partial charge in [-0.05, 0) is 29.2 Å². The molecule has 0 atom stereocenters. The Bertz CT molecular complexity index is 1130. The van der Waals surface area contributed by atoms with Crippen LogP contribution in [0.5, 0.6) is 0 Å². The monoisotopic (exact) mass is 484 g/mol. The lowest BCUT2D eigenvalue weighted by atomic mass is 10.0. The summed E-state index contributed by atoms with van der Waals surface area (Å²) in [4.78, 5) is 11.5. The molecular weight excluding hydrogens is 461 g/mol. The number of rotatable bonds is 8. The molecule has 0 amide bonds. The number of thiol groups is 1. The molecule has 2 heterocycles. The molecule has 8 heteroatoms. The van der Waals surface area contributed by atoms with Crippen LogP contribution in [-0.2, 0) is 11.5 Å². The van der Waals surface area contributed by atoms with E-state index in [0.29, 0.717) is 17.5 Å². The minimum absolute atomic E-state index is 0.505. The first-order valence-corrected chi connectivity index (χ1v) is 13.2. The molecule has 0 aliphatic heterocycles. The highest BCUT2D eigenvalue weighted by Crippen LogP contribution is 2.42. The number of hydrogen-bond donors (Lipinski definition) is 3. The lowest BCUT2D eigenvalue weighted by Gasteiger charge is -2.07. The third kappa shape index (κ3) is 5.44. The molecule has 2 aromatic carbocycles. The van der Waals surface area contributed by atoms with Crippen molar-refractivity contribution in [1.29, 1.82) is 0 Å². The van der Waals surface area contributed by atoms with Gasteiger partial charge in [0.05, 0.1) is 0 Å². The minimum atomic E-state index is 0.505. The first-order valence-electron chi connectivity index (χ1n) is 9.94. The topological polar surface area (TPSA) is 63.8 Å². The number of benzene rings is 2. The van der Waals surface area contributed by atoms with E-state index >= 15 is 0 Å². The molecular formula is C23H24N4S4. The molecule has 2 aromatic heterocycles. The highest BCUT2D eigenvalue weighted by atomic mass is 32.2. The molecule has 0 aliphatic rings. The second kappa shape index (κ2) is 10.1. The van der Waals surface area contributed by atoms with Crippen molar-refractivity contribution in [2.45, 2.75) is 36.3 Å². The lowest BCUT2D eigenvalue weighted by molar-refractivity contribution is 0.867. The SMILES string of the molecule is CC(C)c1ccc(Nc2nc(N)c(-c3nc(SCc4ccccc4)c(CS)s3)s2)cc1. The minimum Gasteiger partial charge on any atom is -0.382 e. The second-order valence-electron chi connectivity index (χ2n) is 7.31. The van der Waals surface area contributed by atoms with Crippen LogP contribution < -0.4 is 11.1 Å². The zero-order valence-corrected chi connectivity index (χ0v) is 20.7. The molecule has 0 spiro atoms. The van der Waals surface area contributed by atoms with Crippen LogP contribution in [0.1, 0.15) is 35.8 Å². The first kappa shape index (κ1) is 22.2. The molecule has 0 fully saturated rings. The van der Waals surface area contributed by atoms with Crippen LogP contribution in [0, 0.1) is 0 Å². The number of aromatic nitrogens is 2. The van der Waals surface area contributed by atoms with Gasteiger partial charge >= 0.3 is 0 Å². The molecule has 0 bridgehead atoms. The quantitative estimate of drug-likeness (QED) is 0.179. The van der Waals surface area contributed by atoms with Crippen molar-refractivity contribution < 1.29 is 0 Å². The molecule has 160 valence electrons. The van der Waals surface area contributed by atoms with Crippen LogP contribution in [0.3, 0.4) is 0 Å². The van der Waals surface area contributed by atoms with Gasteiger partial charge in [-0.15, -0.1) is 23.1 Å². The van der Waals surface area contributed by atoms with Crippen LogP contribution in [-0.4, -0.2) is 9.97 Å². The average Bonchev–Trinajstić information content (AvgIpc) is 3.36. The standard InChI is InChI=1S/C23H24N4S4/c1-14(2)16-8-10-17(11-9-16)25-23-26-20(24)19(31-23)22-27-21(18(12-28)30-22)29-13-15-6-4-3-5-7-15/h3-11,14,28H,12-13,24H2,1-2H3,(H,25,26).